The van der Waals surface area contributed by atoms with Gasteiger partial charge in [0, 0.05) is 32.7 Å². The minimum Gasteiger partial charge on any atom is -0.307 e. The minimum atomic E-state index is 0.593. The zero-order chi connectivity index (χ0) is 46.0. The Hall–Kier alpha value is -8.78. The maximum atomic E-state index is 10.9. The molecule has 0 fully saturated rings. The molecule has 0 radical (unpaired) electrons. The highest BCUT2D eigenvalue weighted by atomic mass is 15.0. The van der Waals surface area contributed by atoms with Gasteiger partial charge in [0.15, 0.2) is 0 Å². The van der Waals surface area contributed by atoms with Gasteiger partial charge in [-0.3, -0.25) is 4.98 Å². The number of fused-ring (bicyclic) bond motifs is 6. The third kappa shape index (κ3) is 6.55. The van der Waals surface area contributed by atoms with Gasteiger partial charge in [0.25, 0.3) is 0 Å². The lowest BCUT2D eigenvalue weighted by atomic mass is 9.97. The Kier molecular flexibility index (Phi) is 9.74. The molecular weight excluding hydrogens is 825 g/mol. The van der Waals surface area contributed by atoms with Gasteiger partial charge in [-0.05, 0) is 149 Å². The summed E-state index contributed by atoms with van der Waals surface area (Å²) in [5.74, 6) is 0. The van der Waals surface area contributed by atoms with E-state index in [9.17, 15) is 5.26 Å². The maximum Gasteiger partial charge on any atom is 0.0998 e. The van der Waals surface area contributed by atoms with Gasteiger partial charge >= 0.3 is 0 Å². The van der Waals surface area contributed by atoms with E-state index in [-0.39, 0.29) is 0 Å². The third-order valence-electron chi connectivity index (χ3n) is 14.1. The van der Waals surface area contributed by atoms with Gasteiger partial charge in [0.05, 0.1) is 57.5 Å². The fourth-order valence-electron chi connectivity index (χ4n) is 10.7. The van der Waals surface area contributed by atoms with Crippen LogP contribution in [0.15, 0.2) is 207 Å². The van der Waals surface area contributed by atoms with E-state index < -0.39 is 0 Å². The highest BCUT2D eigenvalue weighted by Gasteiger charge is 2.25. The van der Waals surface area contributed by atoms with Crippen molar-refractivity contribution < 1.29 is 0 Å². The van der Waals surface area contributed by atoms with Crippen LogP contribution in [0.2, 0.25) is 0 Å². The molecule has 9 aromatic carbocycles. The summed E-state index contributed by atoms with van der Waals surface area (Å²) < 4.78 is 4.74. The molecule has 322 valence electrons. The monoisotopic (exact) mass is 870 g/mol. The first kappa shape index (κ1) is 40.7. The summed E-state index contributed by atoms with van der Waals surface area (Å²) in [4.78, 5) is 5.15. The smallest absolute Gasteiger partial charge is 0.0998 e. The number of benzene rings is 9. The molecule has 0 saturated carbocycles. The zero-order valence-electron chi connectivity index (χ0n) is 38.4. The standard InChI is InChI=1S/C64H46N4/c1-40-15-5-10-20-49(40)44-25-29-58-54(33-44)55-34-45(50-21-11-6-16-41(50)2)26-30-59(55)67(58)62-38-66-39-63(64(62)53-24-14-9-19-48(53)37-65)68-60-31-27-46(51-22-12-7-17-42(51)3)35-56(60)57-36-47(28-32-61(57)68)52-23-13-8-18-43(52)4/h5-36,38-39H,1-4H3. The molecule has 4 nitrogen and oxygen atoms in total. The number of pyridine rings is 1. The van der Waals surface area contributed by atoms with E-state index in [2.05, 4.69) is 219 Å². The molecular formula is C64H46N4. The molecule has 0 bridgehead atoms. The summed E-state index contributed by atoms with van der Waals surface area (Å²) in [6, 6.07) is 72.4. The fourth-order valence-corrected chi connectivity index (χ4v) is 10.7. The molecule has 4 heteroatoms. The Morgan fingerprint density at radius 1 is 0.353 bits per heavy atom. The van der Waals surface area contributed by atoms with Crippen molar-refractivity contribution in [3.63, 3.8) is 0 Å². The Bertz CT molecular complexity index is 3610. The highest BCUT2D eigenvalue weighted by molar-refractivity contribution is 6.14. The van der Waals surface area contributed by atoms with Crippen molar-refractivity contribution in [3.05, 3.63) is 234 Å². The van der Waals surface area contributed by atoms with Crippen molar-refractivity contribution in [2.75, 3.05) is 0 Å². The Labute approximate surface area is 396 Å². The van der Waals surface area contributed by atoms with Crippen LogP contribution in [0.5, 0.6) is 0 Å². The number of aromatic nitrogens is 3. The molecule has 0 aliphatic rings. The minimum absolute atomic E-state index is 0.593. The van der Waals surface area contributed by atoms with Crippen molar-refractivity contribution in [3.8, 4) is 73.1 Å². The summed E-state index contributed by atoms with van der Waals surface area (Å²) >= 11 is 0. The first-order valence-corrected chi connectivity index (χ1v) is 23.2. The Morgan fingerprint density at radius 2 is 0.647 bits per heavy atom. The molecule has 0 saturated heterocycles. The van der Waals surface area contributed by atoms with Gasteiger partial charge in [-0.2, -0.15) is 5.26 Å². The lowest BCUT2D eigenvalue weighted by Crippen LogP contribution is -2.05. The largest absolute Gasteiger partial charge is 0.307 e. The molecule has 0 atom stereocenters. The zero-order valence-corrected chi connectivity index (χ0v) is 38.4. The first-order chi connectivity index (χ1) is 33.4. The second-order valence-corrected chi connectivity index (χ2v) is 18.1. The van der Waals surface area contributed by atoms with E-state index in [0.717, 1.165) is 66.1 Å². The summed E-state index contributed by atoms with van der Waals surface area (Å²) in [5.41, 5.74) is 22.8. The lowest BCUT2D eigenvalue weighted by Gasteiger charge is -2.20. The quantitative estimate of drug-likeness (QED) is 0.160. The summed E-state index contributed by atoms with van der Waals surface area (Å²) in [7, 11) is 0. The first-order valence-electron chi connectivity index (χ1n) is 23.2. The van der Waals surface area contributed by atoms with Crippen LogP contribution in [-0.2, 0) is 0 Å². The van der Waals surface area contributed by atoms with Crippen LogP contribution in [0.4, 0.5) is 0 Å². The van der Waals surface area contributed by atoms with E-state index in [1.807, 2.05) is 30.6 Å². The predicted molar refractivity (Wildman–Crippen MR) is 284 cm³/mol. The number of hydrogen-bond acceptors (Lipinski definition) is 2. The van der Waals surface area contributed by atoms with Gasteiger partial charge in [0.1, 0.15) is 0 Å². The van der Waals surface area contributed by atoms with Crippen LogP contribution in [0.1, 0.15) is 27.8 Å². The van der Waals surface area contributed by atoms with Gasteiger partial charge in [-0.15, -0.1) is 0 Å². The van der Waals surface area contributed by atoms with Crippen molar-refractivity contribution >= 4 is 43.6 Å². The number of aryl methyl sites for hydroxylation is 4. The average molecular weight is 871 g/mol. The molecule has 68 heavy (non-hydrogen) atoms. The van der Waals surface area contributed by atoms with Crippen LogP contribution < -0.4 is 0 Å². The number of nitriles is 1. The summed E-state index contributed by atoms with van der Waals surface area (Å²) in [6.07, 6.45) is 3.97. The van der Waals surface area contributed by atoms with Crippen molar-refractivity contribution in [2.45, 2.75) is 27.7 Å². The molecule has 12 rings (SSSR count). The van der Waals surface area contributed by atoms with Gasteiger partial charge in [-0.1, -0.05) is 140 Å². The topological polar surface area (TPSA) is 46.5 Å². The summed E-state index contributed by atoms with van der Waals surface area (Å²) in [5, 5.41) is 15.5. The number of hydrogen-bond donors (Lipinski definition) is 0. The number of rotatable bonds is 7. The molecule has 12 aromatic rings. The molecule has 0 spiro atoms. The highest BCUT2D eigenvalue weighted by Crippen LogP contribution is 2.45. The third-order valence-corrected chi connectivity index (χ3v) is 14.1. The molecule has 0 N–H and O–H groups in total. The van der Waals surface area contributed by atoms with Crippen LogP contribution in [0, 0.1) is 39.0 Å². The average Bonchev–Trinajstić information content (AvgIpc) is 3.87. The van der Waals surface area contributed by atoms with E-state index in [1.165, 1.54) is 66.8 Å². The molecule has 3 aromatic heterocycles. The molecule has 0 unspecified atom stereocenters. The lowest BCUT2D eigenvalue weighted by molar-refractivity contribution is 1.09. The van der Waals surface area contributed by atoms with Crippen molar-refractivity contribution in [1.82, 2.24) is 14.1 Å². The van der Waals surface area contributed by atoms with E-state index in [4.69, 9.17) is 4.98 Å². The van der Waals surface area contributed by atoms with Crippen LogP contribution in [0.25, 0.3) is 111 Å². The second-order valence-electron chi connectivity index (χ2n) is 18.1. The Balaban J connectivity index is 1.19. The fraction of sp³-hybridized carbons (Fsp3) is 0.0625. The van der Waals surface area contributed by atoms with Crippen LogP contribution >= 0.6 is 0 Å². The summed E-state index contributed by atoms with van der Waals surface area (Å²) in [6.45, 7) is 8.71. The predicted octanol–water partition coefficient (Wildman–Crippen LogP) is 16.7. The van der Waals surface area contributed by atoms with Gasteiger partial charge < -0.3 is 9.13 Å². The van der Waals surface area contributed by atoms with Crippen molar-refractivity contribution in [1.29, 1.82) is 5.26 Å². The van der Waals surface area contributed by atoms with Crippen LogP contribution in [-0.4, -0.2) is 14.1 Å². The van der Waals surface area contributed by atoms with Gasteiger partial charge in [0.2, 0.25) is 0 Å². The molecule has 0 aliphatic heterocycles. The molecule has 0 aliphatic carbocycles. The van der Waals surface area contributed by atoms with E-state index >= 15 is 0 Å². The van der Waals surface area contributed by atoms with E-state index in [1.54, 1.807) is 0 Å². The maximum absolute atomic E-state index is 10.9. The Morgan fingerprint density at radius 3 is 0.956 bits per heavy atom. The molecule has 0 amide bonds. The van der Waals surface area contributed by atoms with Gasteiger partial charge in [-0.25, -0.2) is 0 Å². The molecule has 3 heterocycles. The van der Waals surface area contributed by atoms with Crippen molar-refractivity contribution in [2.24, 2.45) is 0 Å². The second kappa shape index (κ2) is 16.3. The van der Waals surface area contributed by atoms with Crippen LogP contribution in [0.3, 0.4) is 0 Å². The SMILES string of the molecule is Cc1ccccc1-c1ccc2c(c1)c1cc(-c3ccccc3C)ccc1n2-c1cncc(-n2c3ccc(-c4ccccc4C)cc3c3cc(-c4ccccc4C)ccc32)c1-c1ccccc1C#N. The normalized spacial score (nSPS) is 11.5. The number of nitrogens with zero attached hydrogens (tertiary/aromatic N) is 4. The van der Waals surface area contributed by atoms with E-state index in [0.29, 0.717) is 5.56 Å².